The maximum absolute atomic E-state index is 13.4. The minimum absolute atomic E-state index is 0.0638. The molecule has 8 nitrogen and oxygen atoms in total. The lowest BCUT2D eigenvalue weighted by atomic mass is 10.2. The van der Waals surface area contributed by atoms with Crippen LogP contribution in [0, 0.1) is 0 Å². The summed E-state index contributed by atoms with van der Waals surface area (Å²) in [5.74, 6) is -0.379. The molecule has 4 rings (SSSR count). The Bertz CT molecular complexity index is 1250. The third-order valence-corrected chi connectivity index (χ3v) is 5.58. The number of hydrogen-bond acceptors (Lipinski definition) is 6. The third kappa shape index (κ3) is 5.99. The summed E-state index contributed by atoms with van der Waals surface area (Å²) in [6.07, 6.45) is -1.99. The average Bonchev–Trinajstić information content (AvgIpc) is 3.63. The number of carbonyl (C=O) groups is 1. The second kappa shape index (κ2) is 9.79. The number of pyridine rings is 2. The first-order valence-corrected chi connectivity index (χ1v) is 10.8. The van der Waals surface area contributed by atoms with Crippen molar-refractivity contribution in [2.24, 2.45) is 0 Å². The van der Waals surface area contributed by atoms with Crippen molar-refractivity contribution < 1.29 is 27.4 Å². The van der Waals surface area contributed by atoms with Gasteiger partial charge in [0.25, 0.3) is 0 Å². The van der Waals surface area contributed by atoms with Gasteiger partial charge in [-0.25, -0.2) is 0 Å². The van der Waals surface area contributed by atoms with Crippen molar-refractivity contribution in [3.05, 3.63) is 82.0 Å². The lowest BCUT2D eigenvalue weighted by Crippen LogP contribution is -2.46. The van der Waals surface area contributed by atoms with Gasteiger partial charge in [-0.2, -0.15) is 13.2 Å². The van der Waals surface area contributed by atoms with Gasteiger partial charge < -0.3 is 19.8 Å². The fourth-order valence-corrected chi connectivity index (χ4v) is 3.46. The number of hydrogen-bond donors (Lipinski definition) is 3. The first-order valence-electron chi connectivity index (χ1n) is 10.8. The van der Waals surface area contributed by atoms with Crippen LogP contribution in [0.15, 0.2) is 59.5 Å². The molecule has 0 saturated heterocycles. The molecule has 0 spiro atoms. The summed E-state index contributed by atoms with van der Waals surface area (Å²) in [6, 6.07) is 11.3. The highest BCUT2D eigenvalue weighted by Crippen LogP contribution is 2.40. The average molecular weight is 488 g/mol. The van der Waals surface area contributed by atoms with E-state index in [0.717, 1.165) is 6.07 Å². The molecule has 2 aromatic heterocycles. The van der Waals surface area contributed by atoms with Gasteiger partial charge in [-0.3, -0.25) is 19.9 Å². The highest BCUT2D eigenvalue weighted by molar-refractivity contribution is 5.89. The monoisotopic (exact) mass is 488 g/mol. The Labute approximate surface area is 198 Å². The van der Waals surface area contributed by atoms with Crippen LogP contribution < -0.4 is 25.7 Å². The number of carbonyl (C=O) groups excluding carboxylic acids is 1. The van der Waals surface area contributed by atoms with Crippen molar-refractivity contribution in [1.82, 2.24) is 20.6 Å². The number of benzene rings is 1. The predicted molar refractivity (Wildman–Crippen MR) is 120 cm³/mol. The van der Waals surface area contributed by atoms with Gasteiger partial charge in [-0.1, -0.05) is 6.07 Å². The van der Waals surface area contributed by atoms with Crippen molar-refractivity contribution >= 4 is 5.91 Å². The van der Waals surface area contributed by atoms with Crippen LogP contribution in [0.25, 0.3) is 0 Å². The molecule has 3 N–H and O–H groups in total. The Morgan fingerprint density at radius 2 is 1.89 bits per heavy atom. The quantitative estimate of drug-likeness (QED) is 0.426. The van der Waals surface area contributed by atoms with E-state index in [0.29, 0.717) is 30.8 Å². The van der Waals surface area contributed by atoms with Crippen LogP contribution in [-0.4, -0.2) is 28.5 Å². The molecule has 0 aliphatic heterocycles. The van der Waals surface area contributed by atoms with Crippen molar-refractivity contribution in [3.8, 4) is 17.2 Å². The molecule has 1 aromatic carbocycles. The zero-order valence-electron chi connectivity index (χ0n) is 18.7. The van der Waals surface area contributed by atoms with E-state index in [9.17, 15) is 22.8 Å². The first kappa shape index (κ1) is 24.3. The number of aromatic nitrogens is 2. The van der Waals surface area contributed by atoms with E-state index in [2.05, 4.69) is 20.6 Å². The van der Waals surface area contributed by atoms with E-state index in [1.165, 1.54) is 37.6 Å². The lowest BCUT2D eigenvalue weighted by molar-refractivity contribution is -0.138. The van der Waals surface area contributed by atoms with Gasteiger partial charge in [0.15, 0.2) is 0 Å². The van der Waals surface area contributed by atoms with Crippen LogP contribution in [0.1, 0.15) is 29.8 Å². The Kier molecular flexibility index (Phi) is 6.79. The van der Waals surface area contributed by atoms with E-state index in [1.807, 2.05) is 0 Å². The fraction of sp³-hybridized carbons (Fsp3) is 0.292. The summed E-state index contributed by atoms with van der Waals surface area (Å²) >= 11 is 0. The van der Waals surface area contributed by atoms with E-state index >= 15 is 0 Å². The van der Waals surface area contributed by atoms with Crippen molar-refractivity contribution in [2.75, 3.05) is 7.11 Å². The van der Waals surface area contributed by atoms with Crippen LogP contribution in [0.2, 0.25) is 0 Å². The van der Waals surface area contributed by atoms with Crippen molar-refractivity contribution in [2.45, 2.75) is 37.6 Å². The van der Waals surface area contributed by atoms with Gasteiger partial charge in [0.1, 0.15) is 22.8 Å². The SMILES string of the molecule is COc1ccc(Oc2ccc(CNC(=O)C3(NCc4cccc(=O)[nH]4)CC3)nc2)c(C(F)(F)F)c1. The Morgan fingerprint density at radius 3 is 2.51 bits per heavy atom. The van der Waals surface area contributed by atoms with Gasteiger partial charge >= 0.3 is 6.18 Å². The number of amides is 1. The van der Waals surface area contributed by atoms with Crippen LogP contribution in [0.5, 0.6) is 17.2 Å². The topological polar surface area (TPSA) is 105 Å². The van der Waals surface area contributed by atoms with E-state index in [1.54, 1.807) is 18.2 Å². The molecule has 35 heavy (non-hydrogen) atoms. The number of halogens is 3. The fourth-order valence-electron chi connectivity index (χ4n) is 3.46. The highest BCUT2D eigenvalue weighted by Gasteiger charge is 2.49. The van der Waals surface area contributed by atoms with Gasteiger partial charge in [0.2, 0.25) is 11.5 Å². The molecular weight excluding hydrogens is 465 g/mol. The summed E-state index contributed by atoms with van der Waals surface area (Å²) in [5, 5.41) is 6.01. The molecule has 0 bridgehead atoms. The van der Waals surface area contributed by atoms with Gasteiger partial charge in [-0.15, -0.1) is 0 Å². The minimum atomic E-state index is -4.62. The molecule has 1 amide bonds. The van der Waals surface area contributed by atoms with E-state index < -0.39 is 17.3 Å². The van der Waals surface area contributed by atoms with Gasteiger partial charge in [0.05, 0.1) is 31.1 Å². The number of nitrogens with one attached hydrogen (secondary N) is 3. The van der Waals surface area contributed by atoms with Gasteiger partial charge in [0, 0.05) is 18.3 Å². The second-order valence-corrected chi connectivity index (χ2v) is 8.11. The summed E-state index contributed by atoms with van der Waals surface area (Å²) in [5.41, 5.74) is -0.675. The standard InChI is InChI=1S/C24H23F3N4O4/c1-34-17-7-8-20(19(11-17)24(25,26)27)35-18-6-5-15(28-14-18)12-29-22(33)23(9-10-23)30-13-16-3-2-4-21(32)31-16/h2-8,11,14,30H,9-10,12-13H2,1H3,(H,29,33)(H,31,32). The zero-order valence-corrected chi connectivity index (χ0v) is 18.7. The lowest BCUT2D eigenvalue weighted by Gasteiger charge is -2.17. The minimum Gasteiger partial charge on any atom is -0.497 e. The van der Waals surface area contributed by atoms with Gasteiger partial charge in [-0.05, 0) is 49.2 Å². The summed E-state index contributed by atoms with van der Waals surface area (Å²) in [6.45, 7) is 0.486. The molecule has 2 heterocycles. The van der Waals surface area contributed by atoms with Crippen molar-refractivity contribution in [3.63, 3.8) is 0 Å². The van der Waals surface area contributed by atoms with Crippen molar-refractivity contribution in [1.29, 1.82) is 0 Å². The number of ether oxygens (including phenoxy) is 2. The van der Waals surface area contributed by atoms with Crippen LogP contribution in [0.4, 0.5) is 13.2 Å². The molecule has 0 atom stereocenters. The summed E-state index contributed by atoms with van der Waals surface area (Å²) < 4.78 is 50.4. The Morgan fingerprint density at radius 1 is 1.11 bits per heavy atom. The molecule has 0 radical (unpaired) electrons. The zero-order chi connectivity index (χ0) is 25.1. The maximum Gasteiger partial charge on any atom is 0.420 e. The number of alkyl halides is 3. The summed E-state index contributed by atoms with van der Waals surface area (Å²) in [7, 11) is 1.28. The molecule has 1 aliphatic carbocycles. The smallest absolute Gasteiger partial charge is 0.420 e. The van der Waals surface area contributed by atoms with E-state index in [-0.39, 0.29) is 35.3 Å². The summed E-state index contributed by atoms with van der Waals surface area (Å²) in [4.78, 5) is 30.9. The second-order valence-electron chi connectivity index (χ2n) is 8.11. The molecule has 0 unspecified atom stereocenters. The number of aromatic amines is 1. The third-order valence-electron chi connectivity index (χ3n) is 5.58. The molecule has 3 aromatic rings. The first-order chi connectivity index (χ1) is 16.7. The highest BCUT2D eigenvalue weighted by atomic mass is 19.4. The molecular formula is C24H23F3N4O4. The van der Waals surface area contributed by atoms with Crippen LogP contribution in [0.3, 0.4) is 0 Å². The Balaban J connectivity index is 1.34. The van der Waals surface area contributed by atoms with Crippen LogP contribution in [-0.2, 0) is 24.1 Å². The molecule has 1 fully saturated rings. The molecule has 1 saturated carbocycles. The normalized spacial score (nSPS) is 14.3. The maximum atomic E-state index is 13.4. The molecule has 1 aliphatic rings. The van der Waals surface area contributed by atoms with E-state index in [4.69, 9.17) is 9.47 Å². The molecule has 184 valence electrons. The van der Waals surface area contributed by atoms with Crippen LogP contribution >= 0.6 is 0 Å². The molecule has 11 heteroatoms. The Hall–Kier alpha value is -3.86. The number of rotatable bonds is 9. The number of nitrogens with zero attached hydrogens (tertiary/aromatic N) is 1. The largest absolute Gasteiger partial charge is 0.497 e. The predicted octanol–water partition coefficient (Wildman–Crippen LogP) is 3.53. The number of H-pyrrole nitrogens is 1. The number of methoxy groups -OCH3 is 1.